The molecule has 1 saturated heterocycles. The molecule has 3 heterocycles. The molecule has 3 aromatic carbocycles. The van der Waals surface area contributed by atoms with Gasteiger partial charge in [-0.05, 0) is 65.7 Å². The molecule has 4 aromatic rings. The van der Waals surface area contributed by atoms with Crippen molar-refractivity contribution in [1.29, 1.82) is 0 Å². The standard InChI is InChI=1S/C31H33N3O3S2/c1-22-7-9-25(10-8-22)31-28-14-18-38-29(28)13-15-33(31)21-30(35)32-16-17-34(23(2)20-32)39(36,37)27-12-11-24-5-3-4-6-26(24)19-27/h3-12,14,18-19,23,31H,13,15-17,20-21H2,1-2H3/t23-,31-/m0/s1. The summed E-state index contributed by atoms with van der Waals surface area (Å²) in [4.78, 5) is 19.4. The molecule has 2 aliphatic heterocycles. The maximum atomic E-state index is 13.6. The Morgan fingerprint density at radius 2 is 1.72 bits per heavy atom. The summed E-state index contributed by atoms with van der Waals surface area (Å²) in [6.45, 7) is 6.19. The molecule has 1 amide bonds. The third kappa shape index (κ3) is 5.02. The van der Waals surface area contributed by atoms with Gasteiger partial charge < -0.3 is 4.90 Å². The average molecular weight is 560 g/mol. The van der Waals surface area contributed by atoms with Gasteiger partial charge in [-0.1, -0.05) is 60.2 Å². The first-order chi connectivity index (χ1) is 18.8. The zero-order valence-electron chi connectivity index (χ0n) is 22.3. The van der Waals surface area contributed by atoms with E-state index in [-0.39, 0.29) is 24.5 Å². The highest BCUT2D eigenvalue weighted by Crippen LogP contribution is 2.38. The van der Waals surface area contributed by atoms with Gasteiger partial charge in [-0.3, -0.25) is 9.69 Å². The number of hydrogen-bond donors (Lipinski definition) is 0. The number of amides is 1. The number of aryl methyl sites for hydroxylation is 1. The van der Waals surface area contributed by atoms with Crippen molar-refractivity contribution in [3.8, 4) is 0 Å². The molecule has 0 bridgehead atoms. The Morgan fingerprint density at radius 1 is 0.949 bits per heavy atom. The van der Waals surface area contributed by atoms with Crippen molar-refractivity contribution in [2.45, 2.75) is 37.2 Å². The lowest BCUT2D eigenvalue weighted by atomic mass is 9.92. The van der Waals surface area contributed by atoms with E-state index in [1.807, 2.05) is 42.2 Å². The molecule has 6 rings (SSSR count). The van der Waals surface area contributed by atoms with Crippen molar-refractivity contribution in [2.24, 2.45) is 0 Å². The van der Waals surface area contributed by atoms with Crippen LogP contribution in [0.15, 0.2) is 83.1 Å². The summed E-state index contributed by atoms with van der Waals surface area (Å²) < 4.78 is 28.7. The first kappa shape index (κ1) is 26.2. The Morgan fingerprint density at radius 3 is 2.49 bits per heavy atom. The van der Waals surface area contributed by atoms with Crippen LogP contribution in [0.5, 0.6) is 0 Å². The fourth-order valence-corrected chi connectivity index (χ4v) is 8.49. The quantitative estimate of drug-likeness (QED) is 0.342. The lowest BCUT2D eigenvalue weighted by Gasteiger charge is -2.41. The molecular weight excluding hydrogens is 526 g/mol. The van der Waals surface area contributed by atoms with Crippen LogP contribution in [-0.2, 0) is 21.2 Å². The number of sulfonamides is 1. The van der Waals surface area contributed by atoms with E-state index in [9.17, 15) is 13.2 Å². The second-order valence-electron chi connectivity index (χ2n) is 10.6. The maximum Gasteiger partial charge on any atom is 0.243 e. The van der Waals surface area contributed by atoms with Crippen LogP contribution in [-0.4, -0.2) is 67.2 Å². The molecule has 0 saturated carbocycles. The minimum absolute atomic E-state index is 0.0524. The molecule has 1 aromatic heterocycles. The van der Waals surface area contributed by atoms with Crippen LogP contribution in [0.3, 0.4) is 0 Å². The number of rotatable bonds is 5. The number of benzene rings is 3. The Kier molecular flexibility index (Phi) is 7.05. The second kappa shape index (κ2) is 10.5. The number of fused-ring (bicyclic) bond motifs is 2. The van der Waals surface area contributed by atoms with Crippen LogP contribution in [0.4, 0.5) is 0 Å². The smallest absolute Gasteiger partial charge is 0.243 e. The molecule has 0 radical (unpaired) electrons. The Labute approximate surface area is 234 Å². The van der Waals surface area contributed by atoms with Gasteiger partial charge in [0.15, 0.2) is 0 Å². The molecular formula is C31H33N3O3S2. The van der Waals surface area contributed by atoms with Gasteiger partial charge in [0.1, 0.15) is 0 Å². The van der Waals surface area contributed by atoms with E-state index in [4.69, 9.17) is 0 Å². The maximum absolute atomic E-state index is 13.6. The fourth-order valence-electron chi connectivity index (χ4n) is 5.94. The summed E-state index contributed by atoms with van der Waals surface area (Å²) >= 11 is 1.79. The van der Waals surface area contributed by atoms with Gasteiger partial charge in [-0.25, -0.2) is 8.42 Å². The largest absolute Gasteiger partial charge is 0.339 e. The molecule has 2 atom stereocenters. The van der Waals surface area contributed by atoms with Gasteiger partial charge >= 0.3 is 0 Å². The van der Waals surface area contributed by atoms with Crippen molar-refractivity contribution >= 4 is 38.0 Å². The van der Waals surface area contributed by atoms with Crippen molar-refractivity contribution in [2.75, 3.05) is 32.7 Å². The van der Waals surface area contributed by atoms with E-state index in [0.29, 0.717) is 24.5 Å². The first-order valence-electron chi connectivity index (χ1n) is 13.5. The van der Waals surface area contributed by atoms with E-state index in [0.717, 1.165) is 23.7 Å². The molecule has 0 unspecified atom stereocenters. The average Bonchev–Trinajstić information content (AvgIpc) is 3.42. The number of carbonyl (C=O) groups is 1. The number of nitrogens with zero attached hydrogens (tertiary/aromatic N) is 3. The zero-order valence-corrected chi connectivity index (χ0v) is 23.9. The van der Waals surface area contributed by atoms with Gasteiger partial charge in [0.2, 0.25) is 15.9 Å². The summed E-state index contributed by atoms with van der Waals surface area (Å²) in [6, 6.07) is 23.6. The van der Waals surface area contributed by atoms with E-state index in [1.165, 1.54) is 21.6 Å². The predicted octanol–water partition coefficient (Wildman–Crippen LogP) is 5.08. The number of piperazine rings is 1. The lowest BCUT2D eigenvalue weighted by Crippen LogP contribution is -2.57. The van der Waals surface area contributed by atoms with Gasteiger partial charge in [-0.15, -0.1) is 11.3 Å². The third-order valence-electron chi connectivity index (χ3n) is 8.04. The normalized spacial score (nSPS) is 20.7. The number of hydrogen-bond acceptors (Lipinski definition) is 5. The Bertz CT molecular complexity index is 1610. The highest BCUT2D eigenvalue weighted by molar-refractivity contribution is 7.89. The highest BCUT2D eigenvalue weighted by atomic mass is 32.2. The fraction of sp³-hybridized carbons (Fsp3) is 0.323. The van der Waals surface area contributed by atoms with E-state index < -0.39 is 10.0 Å². The topological polar surface area (TPSA) is 60.9 Å². The van der Waals surface area contributed by atoms with Crippen molar-refractivity contribution in [3.05, 3.63) is 99.7 Å². The zero-order chi connectivity index (χ0) is 27.1. The van der Waals surface area contributed by atoms with Crippen LogP contribution >= 0.6 is 11.3 Å². The van der Waals surface area contributed by atoms with Crippen LogP contribution in [0.2, 0.25) is 0 Å². The number of thiophene rings is 1. The van der Waals surface area contributed by atoms with E-state index >= 15 is 0 Å². The SMILES string of the molecule is Cc1ccc([C@H]2c3ccsc3CCN2CC(=O)N2CCN(S(=O)(=O)c3ccc4ccccc4c3)[C@@H](C)C2)cc1. The summed E-state index contributed by atoms with van der Waals surface area (Å²) in [6.07, 6.45) is 0.941. The summed E-state index contributed by atoms with van der Waals surface area (Å²) in [5, 5.41) is 4.06. The lowest BCUT2D eigenvalue weighted by molar-refractivity contribution is -0.135. The molecule has 0 spiro atoms. The molecule has 202 valence electrons. The Balaban J connectivity index is 1.17. The van der Waals surface area contributed by atoms with Crippen molar-refractivity contribution in [3.63, 3.8) is 0 Å². The Hall–Kier alpha value is -3.04. The predicted molar refractivity (Wildman–Crippen MR) is 156 cm³/mol. The monoisotopic (exact) mass is 559 g/mol. The third-order valence-corrected chi connectivity index (χ3v) is 11.0. The molecule has 6 nitrogen and oxygen atoms in total. The van der Waals surface area contributed by atoms with E-state index in [2.05, 4.69) is 47.5 Å². The van der Waals surface area contributed by atoms with Crippen molar-refractivity contribution < 1.29 is 13.2 Å². The van der Waals surface area contributed by atoms with Crippen LogP contribution < -0.4 is 0 Å². The molecule has 8 heteroatoms. The number of carbonyl (C=O) groups excluding carboxylic acids is 1. The minimum Gasteiger partial charge on any atom is -0.339 e. The van der Waals surface area contributed by atoms with Gasteiger partial charge in [0.05, 0.1) is 17.5 Å². The van der Waals surface area contributed by atoms with Gasteiger partial charge in [-0.2, -0.15) is 4.31 Å². The van der Waals surface area contributed by atoms with Gasteiger partial charge in [0, 0.05) is 37.1 Å². The highest BCUT2D eigenvalue weighted by Gasteiger charge is 2.37. The summed E-state index contributed by atoms with van der Waals surface area (Å²) in [7, 11) is -3.67. The van der Waals surface area contributed by atoms with Gasteiger partial charge in [0.25, 0.3) is 0 Å². The summed E-state index contributed by atoms with van der Waals surface area (Å²) in [5.41, 5.74) is 3.71. The summed E-state index contributed by atoms with van der Waals surface area (Å²) in [5.74, 6) is 0.0559. The molecule has 1 fully saturated rings. The minimum atomic E-state index is -3.67. The molecule has 0 N–H and O–H groups in total. The van der Waals surface area contributed by atoms with Crippen molar-refractivity contribution in [1.82, 2.24) is 14.1 Å². The first-order valence-corrected chi connectivity index (χ1v) is 15.8. The molecule has 0 aliphatic carbocycles. The van der Waals surface area contributed by atoms with Crippen LogP contribution in [0.1, 0.15) is 34.5 Å². The molecule has 39 heavy (non-hydrogen) atoms. The molecule has 2 aliphatic rings. The van der Waals surface area contributed by atoms with E-state index in [1.54, 1.807) is 27.8 Å². The van der Waals surface area contributed by atoms with Crippen LogP contribution in [0.25, 0.3) is 10.8 Å². The second-order valence-corrected chi connectivity index (χ2v) is 13.5. The van der Waals surface area contributed by atoms with Crippen LogP contribution in [0, 0.1) is 6.92 Å².